The number of aliphatic hydroxyl groups is 3. The zero-order valence-corrected chi connectivity index (χ0v) is 32.7. The van der Waals surface area contributed by atoms with Crippen molar-refractivity contribution in [1.82, 2.24) is 19.8 Å². The number of benzene rings is 2. The second-order valence-electron chi connectivity index (χ2n) is 14.0. The van der Waals surface area contributed by atoms with E-state index in [1.54, 1.807) is 17.0 Å². The quantitative estimate of drug-likeness (QED) is 0.124. The zero-order valence-electron chi connectivity index (χ0n) is 31.2. The predicted molar refractivity (Wildman–Crippen MR) is 206 cm³/mol. The highest BCUT2D eigenvalue weighted by Crippen LogP contribution is 2.36. The molecule has 2 aliphatic rings. The van der Waals surface area contributed by atoms with Gasteiger partial charge < -0.3 is 39.4 Å². The van der Waals surface area contributed by atoms with E-state index in [1.165, 1.54) is 14.2 Å². The van der Waals surface area contributed by atoms with Gasteiger partial charge in [0.1, 0.15) is 29.3 Å². The van der Waals surface area contributed by atoms with Crippen LogP contribution in [0.1, 0.15) is 46.2 Å². The number of aliphatic hydroxyl groups excluding tert-OH is 3. The largest absolute Gasteiger partial charge is 0.481 e. The molecule has 0 amide bonds. The van der Waals surface area contributed by atoms with E-state index in [2.05, 4.69) is 22.1 Å². The summed E-state index contributed by atoms with van der Waals surface area (Å²) in [5.41, 5.74) is 7.25. The van der Waals surface area contributed by atoms with Gasteiger partial charge >= 0.3 is 5.97 Å². The molecule has 6 rings (SSSR count). The molecule has 0 radical (unpaired) electrons. The van der Waals surface area contributed by atoms with Crippen LogP contribution in [0.15, 0.2) is 48.5 Å². The summed E-state index contributed by atoms with van der Waals surface area (Å²) in [5.74, 6) is 0.0380. The third-order valence-electron chi connectivity index (χ3n) is 10.4. The smallest absolute Gasteiger partial charge is 0.321 e. The molecule has 0 bridgehead atoms. The van der Waals surface area contributed by atoms with E-state index in [0.717, 1.165) is 38.9 Å². The van der Waals surface area contributed by atoms with Gasteiger partial charge in [0.2, 0.25) is 23.5 Å². The second kappa shape index (κ2) is 17.7. The van der Waals surface area contributed by atoms with Crippen LogP contribution in [0.2, 0.25) is 10.0 Å². The maximum Gasteiger partial charge on any atom is 0.321 e. The number of nitrogens with zero attached hydrogens (tertiary/aromatic N) is 4. The molecular weight excluding hydrogens is 751 g/mol. The molecule has 4 aromatic rings. The molecule has 0 aliphatic carbocycles. The van der Waals surface area contributed by atoms with Gasteiger partial charge in [0.25, 0.3) is 0 Å². The van der Waals surface area contributed by atoms with E-state index in [-0.39, 0.29) is 68.0 Å². The number of hydrogen-bond acceptors (Lipinski definition) is 12. The number of aliphatic carboxylic acids is 1. The molecule has 2 aromatic carbocycles. The number of carboxylic acids is 1. The van der Waals surface area contributed by atoms with Crippen LogP contribution in [-0.2, 0) is 31.1 Å². The summed E-state index contributed by atoms with van der Waals surface area (Å²) in [6, 6.07) is 14.5. The van der Waals surface area contributed by atoms with Gasteiger partial charge in [-0.15, -0.1) is 0 Å². The molecule has 2 aromatic heterocycles. The van der Waals surface area contributed by atoms with E-state index in [0.29, 0.717) is 36.0 Å². The standard InChI is InChI=1S/C40H46Cl2N4O9/c1-22-24(20-54-38-33(41)11-26(36(43-38)52-3)15-45-17-29(48)13-28(45)19-47)7-5-9-31(22)32-10-6-8-25(23(32)2)21-55-39-34(42)12-27(37(44-39)53-4)16-46-18-30(49)14-35(46)40(50)51/h5-12,28-30,35,47-49H,13-21H2,1-4H3,(H,50,51)/t28-,29-,30-,35-/m0/s1. The van der Waals surface area contributed by atoms with Crippen LogP contribution >= 0.6 is 23.2 Å². The van der Waals surface area contributed by atoms with Crippen molar-refractivity contribution in [3.63, 3.8) is 0 Å². The Bertz CT molecular complexity index is 2020. The fourth-order valence-corrected chi connectivity index (χ4v) is 7.87. The van der Waals surface area contributed by atoms with Crippen molar-refractivity contribution in [3.8, 4) is 34.6 Å². The SMILES string of the molecule is COc1nc(OCc2cccc(-c3cccc(COc4nc(OC)c(CN5C[C@@H](O)C[C@H]5C(=O)O)cc4Cl)c3C)c2C)c(Cl)cc1CN1C[C@@H](O)C[C@H]1CO. The highest BCUT2D eigenvalue weighted by Gasteiger charge is 2.36. The van der Waals surface area contributed by atoms with Crippen LogP contribution < -0.4 is 18.9 Å². The Morgan fingerprint density at radius 2 is 1.22 bits per heavy atom. The number of carboxylic acid groups (broad SMARTS) is 1. The van der Waals surface area contributed by atoms with E-state index in [1.807, 2.05) is 43.0 Å². The minimum Gasteiger partial charge on any atom is -0.481 e. The number of likely N-dealkylation sites (tertiary alicyclic amines) is 2. The van der Waals surface area contributed by atoms with Crippen LogP contribution in [-0.4, -0.2) is 104 Å². The van der Waals surface area contributed by atoms with Crippen molar-refractivity contribution >= 4 is 29.2 Å². The van der Waals surface area contributed by atoms with E-state index >= 15 is 0 Å². The van der Waals surface area contributed by atoms with Crippen molar-refractivity contribution in [2.24, 2.45) is 0 Å². The lowest BCUT2D eigenvalue weighted by atomic mass is 9.92. The number of ether oxygens (including phenoxy) is 4. The van der Waals surface area contributed by atoms with Crippen LogP contribution in [0.4, 0.5) is 0 Å². The number of aromatic nitrogens is 2. The molecule has 0 saturated carbocycles. The molecule has 2 saturated heterocycles. The summed E-state index contributed by atoms with van der Waals surface area (Å²) >= 11 is 13.3. The van der Waals surface area contributed by atoms with Crippen molar-refractivity contribution in [1.29, 1.82) is 0 Å². The highest BCUT2D eigenvalue weighted by atomic mass is 35.5. The van der Waals surface area contributed by atoms with Crippen LogP contribution in [0.25, 0.3) is 11.1 Å². The average molecular weight is 798 g/mol. The molecule has 13 nitrogen and oxygen atoms in total. The van der Waals surface area contributed by atoms with E-state index in [4.69, 9.17) is 42.1 Å². The third kappa shape index (κ3) is 9.10. The topological polar surface area (TPSA) is 167 Å². The normalized spacial score (nSPS) is 20.2. The number of halogens is 2. The van der Waals surface area contributed by atoms with Gasteiger partial charge in [0.05, 0.1) is 33.0 Å². The lowest BCUT2D eigenvalue weighted by molar-refractivity contribution is -0.142. The van der Waals surface area contributed by atoms with Gasteiger partial charge in [-0.1, -0.05) is 59.6 Å². The minimum atomic E-state index is -0.998. The monoisotopic (exact) mass is 796 g/mol. The zero-order chi connectivity index (χ0) is 39.4. The fraction of sp³-hybridized carbons (Fsp3) is 0.425. The molecular formula is C40H46Cl2N4O9. The summed E-state index contributed by atoms with van der Waals surface area (Å²) < 4.78 is 23.4. The van der Waals surface area contributed by atoms with Gasteiger partial charge in [-0.05, 0) is 65.8 Å². The van der Waals surface area contributed by atoms with Gasteiger partial charge in [0, 0.05) is 49.8 Å². The molecule has 4 heterocycles. The van der Waals surface area contributed by atoms with Crippen LogP contribution in [0.3, 0.4) is 0 Å². The number of hydrogen-bond donors (Lipinski definition) is 4. The lowest BCUT2D eigenvalue weighted by Crippen LogP contribution is -2.35. The number of β-amino-alcohol motifs (C(OH)–C–C–N with tert-alkyl or cyclic N) is 2. The molecule has 0 unspecified atom stereocenters. The summed E-state index contributed by atoms with van der Waals surface area (Å²) in [6.45, 7) is 5.66. The maximum atomic E-state index is 11.7. The van der Waals surface area contributed by atoms with Gasteiger partial charge in [-0.25, -0.2) is 0 Å². The molecule has 15 heteroatoms. The fourth-order valence-electron chi connectivity index (χ4n) is 7.42. The first-order valence-electron chi connectivity index (χ1n) is 18.0. The molecule has 294 valence electrons. The molecule has 4 atom stereocenters. The lowest BCUT2D eigenvalue weighted by Gasteiger charge is -2.23. The van der Waals surface area contributed by atoms with Gasteiger partial charge in [-0.2, -0.15) is 9.97 Å². The molecule has 2 aliphatic heterocycles. The Hall–Kier alpha value is -4.21. The predicted octanol–water partition coefficient (Wildman–Crippen LogP) is 5.19. The van der Waals surface area contributed by atoms with Crippen LogP contribution in [0.5, 0.6) is 23.5 Å². The van der Waals surface area contributed by atoms with Crippen molar-refractivity contribution in [3.05, 3.63) is 92.0 Å². The average Bonchev–Trinajstić information content (AvgIpc) is 3.72. The Morgan fingerprint density at radius 3 is 1.69 bits per heavy atom. The summed E-state index contributed by atoms with van der Waals surface area (Å²) in [7, 11) is 3.00. The maximum absolute atomic E-state index is 11.7. The number of rotatable bonds is 15. The van der Waals surface area contributed by atoms with Crippen molar-refractivity contribution in [2.45, 2.75) is 77.3 Å². The minimum absolute atomic E-state index is 0.0541. The molecule has 55 heavy (non-hydrogen) atoms. The van der Waals surface area contributed by atoms with Gasteiger partial charge in [-0.3, -0.25) is 14.6 Å². The molecule has 2 fully saturated rings. The van der Waals surface area contributed by atoms with Crippen LogP contribution in [0, 0.1) is 13.8 Å². The third-order valence-corrected chi connectivity index (χ3v) is 10.9. The number of methoxy groups -OCH3 is 2. The first-order chi connectivity index (χ1) is 26.4. The Labute approximate surface area is 330 Å². The first-order valence-corrected chi connectivity index (χ1v) is 18.7. The van der Waals surface area contributed by atoms with Crippen molar-refractivity contribution < 1.29 is 44.2 Å². The summed E-state index contributed by atoms with van der Waals surface area (Å²) in [5, 5.41) is 40.1. The van der Waals surface area contributed by atoms with Crippen molar-refractivity contribution in [2.75, 3.05) is 33.9 Å². The van der Waals surface area contributed by atoms with Gasteiger partial charge in [0.15, 0.2) is 0 Å². The number of pyridine rings is 2. The van der Waals surface area contributed by atoms with E-state index in [9.17, 15) is 25.2 Å². The molecule has 0 spiro atoms. The summed E-state index contributed by atoms with van der Waals surface area (Å²) in [6.07, 6.45) is -0.584. The second-order valence-corrected chi connectivity index (χ2v) is 14.8. The highest BCUT2D eigenvalue weighted by molar-refractivity contribution is 6.32. The Balaban J connectivity index is 1.15. The molecule has 4 N–H and O–H groups in total. The Morgan fingerprint density at radius 1 is 0.745 bits per heavy atom. The summed E-state index contributed by atoms with van der Waals surface area (Å²) in [4.78, 5) is 24.5. The first kappa shape index (κ1) is 40.5. The number of carbonyl (C=O) groups is 1. The van der Waals surface area contributed by atoms with E-state index < -0.39 is 24.2 Å². The Kier molecular flexibility index (Phi) is 13.0.